The highest BCUT2D eigenvalue weighted by Gasteiger charge is 2.53. The number of aliphatic carboxylic acids is 1. The molecular weight excluding hydrogens is 482 g/mol. The van der Waals surface area contributed by atoms with Gasteiger partial charge in [0.05, 0.1) is 6.54 Å². The molecule has 204 valence electrons. The number of Topliss-reactive ketones (excluding diaryl/α,β-unsaturated/α-hetero) is 1. The van der Waals surface area contributed by atoms with Gasteiger partial charge in [-0.05, 0) is 73.9 Å². The van der Waals surface area contributed by atoms with Gasteiger partial charge in [-0.2, -0.15) is 0 Å². The van der Waals surface area contributed by atoms with Crippen LogP contribution in [0.4, 0.5) is 10.5 Å². The van der Waals surface area contributed by atoms with E-state index in [2.05, 4.69) is 30.9 Å². The van der Waals surface area contributed by atoms with Crippen molar-refractivity contribution in [2.45, 2.75) is 52.0 Å². The standard InChI is InChI=1S/C28H35N3O3.C2H4O2/c1-21(2)18-30-20-26(32)28(31(27(30)33)19-22-8-9-22)14-16-29(17-15-28)23-10-12-25(13-11-23)34-24-6-4-3-5-7-24;1-2(3)4/h3-7,10-13,21-22H,8-9,14-20H2,1-2H3;1H3,(H,3,4). The molecule has 1 N–H and O–H groups in total. The number of ketones is 1. The lowest BCUT2D eigenvalue weighted by Crippen LogP contribution is -2.70. The number of ether oxygens (including phenoxy) is 1. The summed E-state index contributed by atoms with van der Waals surface area (Å²) in [6, 6.07) is 18.0. The molecule has 2 amide bonds. The number of carboxylic acids is 1. The molecule has 2 saturated heterocycles. The van der Waals surface area contributed by atoms with Crippen molar-refractivity contribution in [2.24, 2.45) is 11.8 Å². The molecule has 3 aliphatic rings. The molecule has 2 aliphatic heterocycles. The van der Waals surface area contributed by atoms with Gasteiger partial charge in [0, 0.05) is 38.8 Å². The van der Waals surface area contributed by atoms with Gasteiger partial charge < -0.3 is 24.5 Å². The molecule has 5 rings (SSSR count). The molecule has 2 aromatic rings. The maximum atomic E-state index is 13.5. The number of hydrogen-bond donors (Lipinski definition) is 1. The van der Waals surface area contributed by atoms with Crippen LogP contribution in [0.2, 0.25) is 0 Å². The fourth-order valence-corrected chi connectivity index (χ4v) is 5.32. The Labute approximate surface area is 225 Å². The van der Waals surface area contributed by atoms with Crippen LogP contribution in [0.15, 0.2) is 54.6 Å². The quantitative estimate of drug-likeness (QED) is 0.533. The number of benzene rings is 2. The van der Waals surface area contributed by atoms with Crippen LogP contribution in [0.25, 0.3) is 0 Å². The first kappa shape index (κ1) is 27.5. The second-order valence-electron chi connectivity index (χ2n) is 11.0. The summed E-state index contributed by atoms with van der Waals surface area (Å²) in [6.07, 6.45) is 3.73. The number of amides is 2. The summed E-state index contributed by atoms with van der Waals surface area (Å²) in [6.45, 7) is 8.44. The summed E-state index contributed by atoms with van der Waals surface area (Å²) < 4.78 is 5.92. The summed E-state index contributed by atoms with van der Waals surface area (Å²) in [7, 11) is 0. The highest BCUT2D eigenvalue weighted by molar-refractivity contribution is 5.99. The van der Waals surface area contributed by atoms with Gasteiger partial charge in [-0.1, -0.05) is 32.0 Å². The molecule has 0 atom stereocenters. The Morgan fingerprint density at radius 2 is 1.58 bits per heavy atom. The normalized spacial score (nSPS) is 18.9. The van der Waals surface area contributed by atoms with E-state index in [1.165, 1.54) is 12.8 Å². The predicted molar refractivity (Wildman–Crippen MR) is 147 cm³/mol. The van der Waals surface area contributed by atoms with E-state index in [0.717, 1.165) is 43.7 Å². The van der Waals surface area contributed by atoms with Crippen molar-refractivity contribution in [1.82, 2.24) is 9.80 Å². The van der Waals surface area contributed by atoms with Crippen molar-refractivity contribution in [2.75, 3.05) is 37.6 Å². The van der Waals surface area contributed by atoms with Gasteiger partial charge in [-0.25, -0.2) is 4.79 Å². The number of urea groups is 1. The maximum Gasteiger partial charge on any atom is 0.321 e. The first-order valence-electron chi connectivity index (χ1n) is 13.6. The SMILES string of the molecule is CC(=O)O.CC(C)CN1CC(=O)C2(CCN(c3ccc(Oc4ccccc4)cc3)CC2)N(CC2CC2)C1=O. The van der Waals surface area contributed by atoms with Crippen LogP contribution in [-0.2, 0) is 9.59 Å². The zero-order valence-corrected chi connectivity index (χ0v) is 22.6. The molecule has 2 heterocycles. The summed E-state index contributed by atoms with van der Waals surface area (Å²) in [5, 5.41) is 7.42. The van der Waals surface area contributed by atoms with E-state index in [1.54, 1.807) is 4.90 Å². The summed E-state index contributed by atoms with van der Waals surface area (Å²) in [5.74, 6) is 1.92. The molecule has 3 fully saturated rings. The smallest absolute Gasteiger partial charge is 0.321 e. The second-order valence-corrected chi connectivity index (χ2v) is 11.0. The van der Waals surface area contributed by atoms with E-state index in [-0.39, 0.29) is 18.4 Å². The maximum absolute atomic E-state index is 13.5. The van der Waals surface area contributed by atoms with Crippen LogP contribution < -0.4 is 9.64 Å². The van der Waals surface area contributed by atoms with Crippen LogP contribution in [0.5, 0.6) is 11.5 Å². The van der Waals surface area contributed by atoms with Gasteiger partial charge in [-0.15, -0.1) is 0 Å². The minimum atomic E-state index is -0.833. The van der Waals surface area contributed by atoms with Crippen molar-refractivity contribution in [3.05, 3.63) is 54.6 Å². The number of piperidine rings is 1. The summed E-state index contributed by atoms with van der Waals surface area (Å²) >= 11 is 0. The van der Waals surface area contributed by atoms with E-state index >= 15 is 0 Å². The van der Waals surface area contributed by atoms with Gasteiger partial charge in [0.2, 0.25) is 0 Å². The summed E-state index contributed by atoms with van der Waals surface area (Å²) in [4.78, 5) is 42.0. The third kappa shape index (κ3) is 6.65. The molecule has 2 aromatic carbocycles. The van der Waals surface area contributed by atoms with Crippen molar-refractivity contribution >= 4 is 23.5 Å². The molecule has 1 spiro atoms. The van der Waals surface area contributed by atoms with Gasteiger partial charge in [0.1, 0.15) is 17.0 Å². The molecule has 38 heavy (non-hydrogen) atoms. The lowest BCUT2D eigenvalue weighted by atomic mass is 9.79. The Bertz CT molecular complexity index is 1100. The van der Waals surface area contributed by atoms with Crippen molar-refractivity contribution in [3.63, 3.8) is 0 Å². The van der Waals surface area contributed by atoms with Crippen LogP contribution >= 0.6 is 0 Å². The molecule has 0 unspecified atom stereocenters. The van der Waals surface area contributed by atoms with E-state index in [9.17, 15) is 9.59 Å². The average Bonchev–Trinajstić information content (AvgIpc) is 3.71. The van der Waals surface area contributed by atoms with E-state index < -0.39 is 11.5 Å². The average molecular weight is 522 g/mol. The van der Waals surface area contributed by atoms with E-state index in [4.69, 9.17) is 14.6 Å². The zero-order chi connectivity index (χ0) is 27.3. The minimum absolute atomic E-state index is 0.0658. The van der Waals surface area contributed by atoms with Gasteiger partial charge in [0.15, 0.2) is 5.78 Å². The number of carbonyl (C=O) groups excluding carboxylic acids is 2. The molecule has 0 bridgehead atoms. The third-order valence-corrected chi connectivity index (χ3v) is 7.37. The van der Waals surface area contributed by atoms with Crippen LogP contribution in [0.1, 0.15) is 46.5 Å². The number of anilines is 1. The lowest BCUT2D eigenvalue weighted by molar-refractivity contribution is -0.136. The van der Waals surface area contributed by atoms with E-state index in [1.807, 2.05) is 47.4 Å². The van der Waals surface area contributed by atoms with Crippen LogP contribution in [0, 0.1) is 11.8 Å². The molecule has 0 aromatic heterocycles. The summed E-state index contributed by atoms with van der Waals surface area (Å²) in [5.41, 5.74) is 0.486. The number of nitrogens with zero attached hydrogens (tertiary/aromatic N) is 3. The predicted octanol–water partition coefficient (Wildman–Crippen LogP) is 5.28. The van der Waals surface area contributed by atoms with Crippen molar-refractivity contribution in [1.29, 1.82) is 0 Å². The lowest BCUT2D eigenvalue weighted by Gasteiger charge is -2.53. The third-order valence-electron chi connectivity index (χ3n) is 7.37. The largest absolute Gasteiger partial charge is 0.481 e. The Hall–Kier alpha value is -3.55. The van der Waals surface area contributed by atoms with Gasteiger partial charge in [0.25, 0.3) is 5.97 Å². The molecule has 8 heteroatoms. The van der Waals surface area contributed by atoms with Gasteiger partial charge >= 0.3 is 6.03 Å². The van der Waals surface area contributed by atoms with Crippen LogP contribution in [-0.4, -0.2) is 71.0 Å². The number of carboxylic acid groups (broad SMARTS) is 1. The van der Waals surface area contributed by atoms with Gasteiger partial charge in [-0.3, -0.25) is 9.59 Å². The highest BCUT2D eigenvalue weighted by Crippen LogP contribution is 2.40. The number of hydrogen-bond acceptors (Lipinski definition) is 5. The molecule has 8 nitrogen and oxygen atoms in total. The fraction of sp³-hybridized carbons (Fsp3) is 0.500. The molecule has 0 radical (unpaired) electrons. The zero-order valence-electron chi connectivity index (χ0n) is 22.6. The van der Waals surface area contributed by atoms with Crippen LogP contribution in [0.3, 0.4) is 0 Å². The van der Waals surface area contributed by atoms with Crippen molar-refractivity contribution in [3.8, 4) is 11.5 Å². The van der Waals surface area contributed by atoms with E-state index in [0.29, 0.717) is 31.2 Å². The highest BCUT2D eigenvalue weighted by atomic mass is 16.5. The van der Waals surface area contributed by atoms with Crippen molar-refractivity contribution < 1.29 is 24.2 Å². The number of rotatable bonds is 7. The number of carbonyl (C=O) groups is 3. The monoisotopic (exact) mass is 521 g/mol. The second kappa shape index (κ2) is 11.9. The molecular formula is C30H39N3O5. The Balaban J connectivity index is 0.000000786. The first-order valence-corrected chi connectivity index (χ1v) is 13.6. The fourth-order valence-electron chi connectivity index (χ4n) is 5.32. The minimum Gasteiger partial charge on any atom is -0.481 e. The molecule has 1 saturated carbocycles. The molecule has 1 aliphatic carbocycles. The Kier molecular flexibility index (Phi) is 8.59. The Morgan fingerprint density at radius 1 is 1.00 bits per heavy atom. The Morgan fingerprint density at radius 3 is 2.13 bits per heavy atom. The first-order chi connectivity index (χ1) is 18.2. The number of para-hydroxylation sites is 1. The topological polar surface area (TPSA) is 90.4 Å².